The third-order valence-electron chi connectivity index (χ3n) is 4.71. The molecule has 1 amide bonds. The second kappa shape index (κ2) is 10.1. The smallest absolute Gasteiger partial charge is 0.258 e. The number of hydrogen-bond acceptors (Lipinski definition) is 8. The van der Waals surface area contributed by atoms with Gasteiger partial charge in [-0.05, 0) is 37.3 Å². The first kappa shape index (κ1) is 23.0. The third kappa shape index (κ3) is 4.78. The van der Waals surface area contributed by atoms with Gasteiger partial charge in [-0.3, -0.25) is 9.59 Å². The van der Waals surface area contributed by atoms with Crippen molar-refractivity contribution in [3.05, 3.63) is 47.2 Å². The summed E-state index contributed by atoms with van der Waals surface area (Å²) in [5.41, 5.74) is 0.953. The molecule has 1 heterocycles. The summed E-state index contributed by atoms with van der Waals surface area (Å²) in [6, 6.07) is 7.77. The van der Waals surface area contributed by atoms with E-state index in [2.05, 4.69) is 5.32 Å². The lowest BCUT2D eigenvalue weighted by atomic mass is 10.1. The van der Waals surface area contributed by atoms with Gasteiger partial charge in [-0.25, -0.2) is 0 Å². The van der Waals surface area contributed by atoms with Gasteiger partial charge in [0.05, 0.1) is 33.5 Å². The first-order valence-corrected chi connectivity index (χ1v) is 9.82. The van der Waals surface area contributed by atoms with Crippen LogP contribution >= 0.6 is 0 Å². The van der Waals surface area contributed by atoms with Crippen LogP contribution in [0.3, 0.4) is 0 Å². The van der Waals surface area contributed by atoms with Crippen molar-refractivity contribution in [2.75, 3.05) is 34.5 Å². The van der Waals surface area contributed by atoms with E-state index in [-0.39, 0.29) is 36.7 Å². The number of rotatable bonds is 9. The fourth-order valence-corrected chi connectivity index (χ4v) is 3.15. The number of ether oxygens (including phenoxy) is 5. The monoisotopic (exact) mass is 443 g/mol. The van der Waals surface area contributed by atoms with Crippen LogP contribution in [0.25, 0.3) is 6.08 Å². The van der Waals surface area contributed by atoms with E-state index < -0.39 is 0 Å². The zero-order valence-electron chi connectivity index (χ0n) is 18.3. The minimum atomic E-state index is -0.370. The van der Waals surface area contributed by atoms with Gasteiger partial charge in [0.15, 0.2) is 23.9 Å². The molecule has 1 atom stereocenters. The Morgan fingerprint density at radius 2 is 1.88 bits per heavy atom. The summed E-state index contributed by atoms with van der Waals surface area (Å²) in [4.78, 5) is 24.6. The highest BCUT2D eigenvalue weighted by atomic mass is 16.5. The van der Waals surface area contributed by atoms with Gasteiger partial charge in [-0.15, -0.1) is 0 Å². The quantitative estimate of drug-likeness (QED) is 0.568. The highest BCUT2D eigenvalue weighted by molar-refractivity contribution is 6.14. The minimum Gasteiger partial charge on any atom is -0.493 e. The summed E-state index contributed by atoms with van der Waals surface area (Å²) in [6.07, 6.45) is 1.56. The van der Waals surface area contributed by atoms with Gasteiger partial charge in [-0.1, -0.05) is 0 Å². The maximum atomic E-state index is 12.8. The van der Waals surface area contributed by atoms with Gasteiger partial charge in [0.25, 0.3) is 5.91 Å². The molecule has 1 aliphatic rings. The molecule has 9 heteroatoms. The number of aliphatic hydroxyl groups excluding tert-OH is 1. The Morgan fingerprint density at radius 3 is 2.53 bits per heavy atom. The maximum absolute atomic E-state index is 12.8. The zero-order valence-corrected chi connectivity index (χ0v) is 18.3. The first-order chi connectivity index (χ1) is 15.4. The van der Waals surface area contributed by atoms with E-state index in [1.54, 1.807) is 43.3 Å². The van der Waals surface area contributed by atoms with E-state index in [0.717, 1.165) is 0 Å². The van der Waals surface area contributed by atoms with Gasteiger partial charge >= 0.3 is 0 Å². The predicted molar refractivity (Wildman–Crippen MR) is 116 cm³/mol. The molecule has 0 aliphatic carbocycles. The number of fused-ring (bicyclic) bond motifs is 1. The van der Waals surface area contributed by atoms with Gasteiger partial charge < -0.3 is 34.1 Å². The Hall–Kier alpha value is -3.72. The van der Waals surface area contributed by atoms with Crippen LogP contribution in [0.2, 0.25) is 0 Å². The van der Waals surface area contributed by atoms with E-state index in [4.69, 9.17) is 28.8 Å². The summed E-state index contributed by atoms with van der Waals surface area (Å²) in [5, 5.41) is 11.6. The summed E-state index contributed by atoms with van der Waals surface area (Å²) >= 11 is 0. The molecule has 32 heavy (non-hydrogen) atoms. The van der Waals surface area contributed by atoms with Crippen LogP contribution in [-0.2, 0) is 4.79 Å². The number of allylic oxidation sites excluding steroid dienone is 1. The Labute approximate surface area is 185 Å². The number of nitrogens with one attached hydrogen (secondary N) is 1. The fraction of sp³-hybridized carbons (Fsp3) is 0.304. The summed E-state index contributed by atoms with van der Waals surface area (Å²) in [5.74, 6) is 1.43. The van der Waals surface area contributed by atoms with Crippen LogP contribution in [0.5, 0.6) is 28.7 Å². The lowest BCUT2D eigenvalue weighted by Crippen LogP contribution is -2.38. The molecule has 0 spiro atoms. The van der Waals surface area contributed by atoms with E-state index >= 15 is 0 Å². The standard InChI is InChI=1S/C23H25NO8/c1-13(11-25)24-20(26)12-31-15-6-7-16-18(10-15)32-19(21(16)27)9-14-5-8-17(28-2)23(30-4)22(14)29-3/h5-10,13,25H,11-12H2,1-4H3,(H,24,26)/t13-/m0/s1. The van der Waals surface area contributed by atoms with Crippen LogP contribution in [0.15, 0.2) is 36.1 Å². The summed E-state index contributed by atoms with van der Waals surface area (Å²) in [6.45, 7) is 1.27. The lowest BCUT2D eigenvalue weighted by Gasteiger charge is -2.14. The zero-order chi connectivity index (χ0) is 23.3. The van der Waals surface area contributed by atoms with Crippen molar-refractivity contribution in [1.29, 1.82) is 0 Å². The molecule has 0 aromatic heterocycles. The number of methoxy groups -OCH3 is 3. The van der Waals surface area contributed by atoms with Gasteiger partial charge in [0.1, 0.15) is 11.5 Å². The molecule has 2 aromatic carbocycles. The molecule has 0 saturated carbocycles. The molecular weight excluding hydrogens is 418 g/mol. The van der Waals surface area contributed by atoms with Crippen LogP contribution in [0, 0.1) is 0 Å². The highest BCUT2D eigenvalue weighted by Gasteiger charge is 2.29. The molecule has 3 rings (SSSR count). The maximum Gasteiger partial charge on any atom is 0.258 e. The molecule has 0 radical (unpaired) electrons. The number of Topliss-reactive ketones (excluding diaryl/α,β-unsaturated/α-hetero) is 1. The van der Waals surface area contributed by atoms with E-state index in [9.17, 15) is 9.59 Å². The number of ketones is 1. The molecular formula is C23H25NO8. The van der Waals surface area contributed by atoms with E-state index in [0.29, 0.717) is 39.9 Å². The number of benzene rings is 2. The molecule has 0 fully saturated rings. The molecule has 2 aromatic rings. The molecule has 2 N–H and O–H groups in total. The highest BCUT2D eigenvalue weighted by Crippen LogP contribution is 2.42. The van der Waals surface area contributed by atoms with Gasteiger partial charge in [0, 0.05) is 17.7 Å². The topological polar surface area (TPSA) is 113 Å². The number of carbonyl (C=O) groups excluding carboxylic acids is 2. The number of aliphatic hydroxyl groups is 1. The van der Waals surface area contributed by atoms with Crippen molar-refractivity contribution < 1.29 is 38.4 Å². The largest absolute Gasteiger partial charge is 0.493 e. The average molecular weight is 443 g/mol. The van der Waals surface area contributed by atoms with Crippen LogP contribution in [0.1, 0.15) is 22.8 Å². The normalized spacial score (nSPS) is 14.4. The minimum absolute atomic E-state index is 0.109. The van der Waals surface area contributed by atoms with Crippen molar-refractivity contribution in [2.45, 2.75) is 13.0 Å². The van der Waals surface area contributed by atoms with Crippen molar-refractivity contribution in [1.82, 2.24) is 5.32 Å². The molecule has 170 valence electrons. The van der Waals surface area contributed by atoms with Gasteiger partial charge in [-0.2, -0.15) is 0 Å². The summed E-state index contributed by atoms with van der Waals surface area (Å²) in [7, 11) is 4.51. The Morgan fingerprint density at radius 1 is 1.12 bits per heavy atom. The average Bonchev–Trinajstić information content (AvgIpc) is 3.11. The number of hydrogen-bond donors (Lipinski definition) is 2. The SMILES string of the molecule is COc1ccc(C=C2Oc3cc(OCC(=O)N[C@@H](C)CO)ccc3C2=O)c(OC)c1OC. The third-order valence-corrected chi connectivity index (χ3v) is 4.71. The second-order valence-electron chi connectivity index (χ2n) is 6.96. The number of carbonyl (C=O) groups is 2. The van der Waals surface area contributed by atoms with Crippen molar-refractivity contribution in [3.8, 4) is 28.7 Å². The van der Waals surface area contributed by atoms with Crippen molar-refractivity contribution >= 4 is 17.8 Å². The second-order valence-corrected chi connectivity index (χ2v) is 6.96. The molecule has 9 nitrogen and oxygen atoms in total. The van der Waals surface area contributed by atoms with E-state index in [1.807, 2.05) is 0 Å². The lowest BCUT2D eigenvalue weighted by molar-refractivity contribution is -0.124. The Bertz CT molecular complexity index is 1050. The first-order valence-electron chi connectivity index (χ1n) is 9.82. The number of amides is 1. The molecule has 1 aliphatic heterocycles. The Kier molecular flexibility index (Phi) is 7.21. The summed E-state index contributed by atoms with van der Waals surface area (Å²) < 4.78 is 27.3. The predicted octanol–water partition coefficient (Wildman–Crippen LogP) is 2.20. The molecule has 0 bridgehead atoms. The van der Waals surface area contributed by atoms with Crippen molar-refractivity contribution in [3.63, 3.8) is 0 Å². The van der Waals surface area contributed by atoms with Gasteiger partial charge in [0.2, 0.25) is 11.5 Å². The fourth-order valence-electron chi connectivity index (χ4n) is 3.15. The molecule has 0 saturated heterocycles. The van der Waals surface area contributed by atoms with Crippen LogP contribution in [0.4, 0.5) is 0 Å². The van der Waals surface area contributed by atoms with Crippen molar-refractivity contribution in [2.24, 2.45) is 0 Å². The molecule has 0 unspecified atom stereocenters. The Balaban J connectivity index is 1.79. The van der Waals surface area contributed by atoms with Crippen LogP contribution < -0.4 is 29.0 Å². The van der Waals surface area contributed by atoms with Crippen LogP contribution in [-0.4, -0.2) is 57.4 Å². The van der Waals surface area contributed by atoms with E-state index in [1.165, 1.54) is 21.3 Å².